The van der Waals surface area contributed by atoms with Crippen LogP contribution in [0.5, 0.6) is 0 Å². The lowest BCUT2D eigenvalue weighted by molar-refractivity contribution is 0.0715. The first-order chi connectivity index (χ1) is 11.8. The molecule has 138 valence electrons. The summed E-state index contributed by atoms with van der Waals surface area (Å²) < 4.78 is 1.81. The first-order valence-electron chi connectivity index (χ1n) is 9.17. The summed E-state index contributed by atoms with van der Waals surface area (Å²) in [5.41, 5.74) is 2.22. The quantitative estimate of drug-likeness (QED) is 0.844. The maximum absolute atomic E-state index is 12.9. The zero-order valence-corrected chi connectivity index (χ0v) is 15.8. The second-order valence-electron chi connectivity index (χ2n) is 8.10. The van der Waals surface area contributed by atoms with Crippen molar-refractivity contribution < 1.29 is 9.59 Å². The van der Waals surface area contributed by atoms with E-state index in [1.54, 1.807) is 4.90 Å². The third-order valence-corrected chi connectivity index (χ3v) is 4.86. The van der Waals surface area contributed by atoms with Gasteiger partial charge in [0.15, 0.2) is 5.69 Å². The predicted octanol–water partition coefficient (Wildman–Crippen LogP) is 1.91. The molecule has 3 rings (SSSR count). The number of amides is 3. The average Bonchev–Trinajstić information content (AvgIpc) is 2.90. The smallest absolute Gasteiger partial charge is 0.318 e. The first kappa shape index (κ1) is 17.8. The van der Waals surface area contributed by atoms with E-state index in [1.807, 2.05) is 37.4 Å². The molecule has 2 aliphatic rings. The fourth-order valence-corrected chi connectivity index (χ4v) is 3.58. The van der Waals surface area contributed by atoms with Gasteiger partial charge in [0.2, 0.25) is 0 Å². The van der Waals surface area contributed by atoms with E-state index >= 15 is 0 Å². The summed E-state index contributed by atoms with van der Waals surface area (Å²) in [6.07, 6.45) is 4.02. The Hall–Kier alpha value is -2.05. The number of urea groups is 1. The third-order valence-electron chi connectivity index (χ3n) is 4.86. The molecule has 1 aromatic rings. The van der Waals surface area contributed by atoms with Crippen molar-refractivity contribution in [3.63, 3.8) is 0 Å². The molecule has 0 aliphatic carbocycles. The highest BCUT2D eigenvalue weighted by Gasteiger charge is 2.32. The molecule has 0 bridgehead atoms. The number of nitrogens with one attached hydrogen (secondary N) is 1. The summed E-state index contributed by atoms with van der Waals surface area (Å²) in [6, 6.07) is -0.0848. The van der Waals surface area contributed by atoms with Gasteiger partial charge in [-0.1, -0.05) is 0 Å². The van der Waals surface area contributed by atoms with Crippen LogP contribution in [0.2, 0.25) is 0 Å². The Labute approximate surface area is 149 Å². The fraction of sp³-hybridized carbons (Fsp3) is 0.722. The Morgan fingerprint density at radius 1 is 1.04 bits per heavy atom. The number of aromatic nitrogens is 2. The Morgan fingerprint density at radius 2 is 1.72 bits per heavy atom. The van der Waals surface area contributed by atoms with Crippen LogP contribution in [0.3, 0.4) is 0 Å². The van der Waals surface area contributed by atoms with Gasteiger partial charge in [-0.25, -0.2) is 4.79 Å². The molecule has 3 amide bonds. The molecule has 7 nitrogen and oxygen atoms in total. The zero-order chi connectivity index (χ0) is 18.2. The Balaban J connectivity index is 1.81. The molecule has 0 unspecified atom stereocenters. The minimum atomic E-state index is -0.279. The number of rotatable bonds is 1. The zero-order valence-electron chi connectivity index (χ0n) is 15.8. The molecular formula is C18H29N5O2. The van der Waals surface area contributed by atoms with Crippen molar-refractivity contribution in [3.05, 3.63) is 17.0 Å². The minimum absolute atomic E-state index is 0.00892. The van der Waals surface area contributed by atoms with Crippen LogP contribution in [0.15, 0.2) is 0 Å². The molecule has 0 saturated carbocycles. The molecule has 0 aromatic carbocycles. The first-order valence-corrected chi connectivity index (χ1v) is 9.17. The Kier molecular flexibility index (Phi) is 4.75. The summed E-state index contributed by atoms with van der Waals surface area (Å²) >= 11 is 0. The lowest BCUT2D eigenvalue weighted by atomic mass is 10.0. The van der Waals surface area contributed by atoms with Crippen LogP contribution in [-0.2, 0) is 20.0 Å². The molecule has 2 aliphatic heterocycles. The summed E-state index contributed by atoms with van der Waals surface area (Å²) in [4.78, 5) is 29.1. The van der Waals surface area contributed by atoms with Gasteiger partial charge < -0.3 is 15.1 Å². The molecule has 0 atom stereocenters. The van der Waals surface area contributed by atoms with Crippen LogP contribution in [-0.4, -0.2) is 56.7 Å². The summed E-state index contributed by atoms with van der Waals surface area (Å²) in [5, 5.41) is 7.51. The van der Waals surface area contributed by atoms with Crippen molar-refractivity contribution in [1.82, 2.24) is 24.9 Å². The van der Waals surface area contributed by atoms with Crippen LogP contribution in [0.1, 0.15) is 61.8 Å². The maximum atomic E-state index is 12.9. The average molecular weight is 347 g/mol. The van der Waals surface area contributed by atoms with Crippen molar-refractivity contribution in [2.45, 2.75) is 58.5 Å². The van der Waals surface area contributed by atoms with Crippen molar-refractivity contribution in [2.75, 3.05) is 19.6 Å². The van der Waals surface area contributed by atoms with Gasteiger partial charge in [0.05, 0.1) is 6.54 Å². The van der Waals surface area contributed by atoms with Crippen molar-refractivity contribution >= 4 is 11.9 Å². The van der Waals surface area contributed by atoms with E-state index in [9.17, 15) is 9.59 Å². The molecule has 0 radical (unpaired) electrons. The number of aryl methyl sites for hydroxylation is 1. The number of hydrogen-bond acceptors (Lipinski definition) is 3. The third kappa shape index (κ3) is 3.80. The molecule has 3 heterocycles. The van der Waals surface area contributed by atoms with E-state index in [0.717, 1.165) is 43.6 Å². The molecule has 1 saturated heterocycles. The standard InChI is InChI=1S/C18H29N5O2/c1-18(2,3)19-17(25)23-11-8-14-13(12-23)15(20-21(14)4)16(24)22-9-6-5-7-10-22/h5-12H2,1-4H3,(H,19,25). The number of carbonyl (C=O) groups excluding carboxylic acids is 2. The highest BCUT2D eigenvalue weighted by atomic mass is 16.2. The van der Waals surface area contributed by atoms with Crippen LogP contribution < -0.4 is 5.32 Å². The summed E-state index contributed by atoms with van der Waals surface area (Å²) in [6.45, 7) is 8.60. The normalized spacial score (nSPS) is 18.1. The van der Waals surface area contributed by atoms with Crippen molar-refractivity contribution in [1.29, 1.82) is 0 Å². The van der Waals surface area contributed by atoms with Crippen LogP contribution >= 0.6 is 0 Å². The van der Waals surface area contributed by atoms with Crippen LogP contribution in [0.4, 0.5) is 4.79 Å². The van der Waals surface area contributed by atoms with Crippen molar-refractivity contribution in [2.24, 2.45) is 7.05 Å². The predicted molar refractivity (Wildman–Crippen MR) is 95.4 cm³/mol. The largest absolute Gasteiger partial charge is 0.337 e. The number of carbonyl (C=O) groups is 2. The maximum Gasteiger partial charge on any atom is 0.318 e. The lowest BCUT2D eigenvalue weighted by Gasteiger charge is -2.32. The topological polar surface area (TPSA) is 70.5 Å². The second kappa shape index (κ2) is 6.69. The van der Waals surface area contributed by atoms with Gasteiger partial charge in [-0.2, -0.15) is 5.10 Å². The summed E-state index contributed by atoms with van der Waals surface area (Å²) in [5.74, 6) is 0.00892. The Bertz CT molecular complexity index is 668. The van der Waals surface area contributed by atoms with Crippen molar-refractivity contribution in [3.8, 4) is 0 Å². The summed E-state index contributed by atoms with van der Waals surface area (Å²) in [7, 11) is 1.89. The highest BCUT2D eigenvalue weighted by molar-refractivity contribution is 5.94. The van der Waals surface area contributed by atoms with Gasteiger partial charge in [0, 0.05) is 49.9 Å². The molecule has 1 fully saturated rings. The van der Waals surface area contributed by atoms with Gasteiger partial charge >= 0.3 is 6.03 Å². The van der Waals surface area contributed by atoms with E-state index in [1.165, 1.54) is 6.42 Å². The van der Waals surface area contributed by atoms with E-state index in [2.05, 4.69) is 10.4 Å². The Morgan fingerprint density at radius 3 is 2.36 bits per heavy atom. The fourth-order valence-electron chi connectivity index (χ4n) is 3.58. The van der Waals surface area contributed by atoms with Gasteiger partial charge in [-0.3, -0.25) is 9.48 Å². The highest BCUT2D eigenvalue weighted by Crippen LogP contribution is 2.24. The second-order valence-corrected chi connectivity index (χ2v) is 8.10. The molecule has 25 heavy (non-hydrogen) atoms. The molecule has 0 spiro atoms. The molecular weight excluding hydrogens is 318 g/mol. The molecule has 1 aromatic heterocycles. The SMILES string of the molecule is Cn1nc(C(=O)N2CCCCC2)c2c1CCN(C(=O)NC(C)(C)C)C2. The minimum Gasteiger partial charge on any atom is -0.337 e. The van der Waals surface area contributed by atoms with Crippen LogP contribution in [0, 0.1) is 0 Å². The molecule has 1 N–H and O–H groups in total. The number of fused-ring (bicyclic) bond motifs is 1. The van der Waals surface area contributed by atoms with Gasteiger partial charge in [-0.05, 0) is 40.0 Å². The van der Waals surface area contributed by atoms with E-state index in [-0.39, 0.29) is 17.5 Å². The van der Waals surface area contributed by atoms with Gasteiger partial charge in [0.1, 0.15) is 0 Å². The van der Waals surface area contributed by atoms with Crippen LogP contribution in [0.25, 0.3) is 0 Å². The van der Waals surface area contributed by atoms with E-state index in [0.29, 0.717) is 18.8 Å². The van der Waals surface area contributed by atoms with Gasteiger partial charge in [0.25, 0.3) is 5.91 Å². The number of piperidine rings is 1. The monoisotopic (exact) mass is 347 g/mol. The molecule has 7 heteroatoms. The van der Waals surface area contributed by atoms with E-state index in [4.69, 9.17) is 0 Å². The number of likely N-dealkylation sites (tertiary alicyclic amines) is 1. The number of nitrogens with zero attached hydrogens (tertiary/aromatic N) is 4. The van der Waals surface area contributed by atoms with Gasteiger partial charge in [-0.15, -0.1) is 0 Å². The lowest BCUT2D eigenvalue weighted by Crippen LogP contribution is -2.50. The number of hydrogen-bond donors (Lipinski definition) is 1. The van der Waals surface area contributed by atoms with E-state index < -0.39 is 0 Å².